The molecule has 6 heteroatoms. The number of aryl methyl sites for hydroxylation is 1. The van der Waals surface area contributed by atoms with Crippen LogP contribution < -0.4 is 0 Å². The van der Waals surface area contributed by atoms with Crippen LogP contribution in [-0.2, 0) is 0 Å². The molecular weight excluding hydrogens is 329 g/mol. The number of carboxylic acid groups (broad SMARTS) is 1. The summed E-state index contributed by atoms with van der Waals surface area (Å²) in [7, 11) is 0. The van der Waals surface area contributed by atoms with Gasteiger partial charge in [0.05, 0.1) is 21.1 Å². The van der Waals surface area contributed by atoms with Gasteiger partial charge >= 0.3 is 5.97 Å². The zero-order valence-corrected chi connectivity index (χ0v) is 13.2. The Bertz CT molecular complexity index is 873. The number of fused-ring (bicyclic) bond motifs is 1. The third kappa shape index (κ3) is 2.62. The van der Waals surface area contributed by atoms with Crippen LogP contribution in [0.5, 0.6) is 0 Å². The van der Waals surface area contributed by atoms with E-state index in [0.717, 1.165) is 5.56 Å². The molecule has 1 N–H and O–H groups in total. The molecule has 0 fully saturated rings. The van der Waals surface area contributed by atoms with Crippen molar-refractivity contribution >= 4 is 51.4 Å². The number of benzene rings is 1. The average molecular weight is 338 g/mol. The van der Waals surface area contributed by atoms with E-state index >= 15 is 0 Å². The molecule has 21 heavy (non-hydrogen) atoms. The SMILES string of the molecule is Cc1ccc2nc(-c3cc(Cl)sc3Cl)cc(C(=O)O)c2c1. The van der Waals surface area contributed by atoms with Crippen molar-refractivity contribution in [1.82, 2.24) is 4.98 Å². The lowest BCUT2D eigenvalue weighted by Crippen LogP contribution is -2.00. The first-order valence-electron chi connectivity index (χ1n) is 6.05. The van der Waals surface area contributed by atoms with E-state index in [4.69, 9.17) is 23.2 Å². The molecule has 0 amide bonds. The molecule has 0 saturated heterocycles. The van der Waals surface area contributed by atoms with Gasteiger partial charge in [0, 0.05) is 10.9 Å². The highest BCUT2D eigenvalue weighted by atomic mass is 35.5. The predicted molar refractivity (Wildman–Crippen MR) is 86.8 cm³/mol. The van der Waals surface area contributed by atoms with Gasteiger partial charge in [0.15, 0.2) is 0 Å². The van der Waals surface area contributed by atoms with Crippen LogP contribution in [0.2, 0.25) is 8.67 Å². The van der Waals surface area contributed by atoms with Crippen molar-refractivity contribution < 1.29 is 9.90 Å². The largest absolute Gasteiger partial charge is 0.478 e. The van der Waals surface area contributed by atoms with Gasteiger partial charge in [-0.1, -0.05) is 34.8 Å². The average Bonchev–Trinajstić information content (AvgIpc) is 2.76. The van der Waals surface area contributed by atoms with E-state index in [2.05, 4.69) is 4.98 Å². The maximum atomic E-state index is 11.5. The van der Waals surface area contributed by atoms with Crippen LogP contribution in [0.1, 0.15) is 15.9 Å². The van der Waals surface area contributed by atoms with E-state index < -0.39 is 5.97 Å². The maximum Gasteiger partial charge on any atom is 0.336 e. The predicted octanol–water partition coefficient (Wildman–Crippen LogP) is 5.28. The molecule has 0 saturated carbocycles. The molecule has 3 rings (SSSR count). The molecular formula is C15H9Cl2NO2S. The Balaban J connectivity index is 2.33. The van der Waals surface area contributed by atoms with E-state index in [1.807, 2.05) is 25.1 Å². The fraction of sp³-hybridized carbons (Fsp3) is 0.0667. The van der Waals surface area contributed by atoms with Gasteiger partial charge in [0.2, 0.25) is 0 Å². The standard InChI is InChI=1S/C15H9Cl2NO2S/c1-7-2-3-11-8(4-7)9(15(19)20)5-12(18-11)10-6-13(16)21-14(10)17/h2-6H,1H3,(H,19,20). The second kappa shape index (κ2) is 5.30. The number of aromatic carboxylic acids is 1. The smallest absolute Gasteiger partial charge is 0.336 e. The summed E-state index contributed by atoms with van der Waals surface area (Å²) in [5.41, 5.74) is 2.97. The molecule has 3 nitrogen and oxygen atoms in total. The topological polar surface area (TPSA) is 50.2 Å². The number of hydrogen-bond donors (Lipinski definition) is 1. The molecule has 0 spiro atoms. The number of hydrogen-bond acceptors (Lipinski definition) is 3. The molecule has 3 aromatic rings. The number of aromatic nitrogens is 1. The summed E-state index contributed by atoms with van der Waals surface area (Å²) in [5, 5.41) is 10.0. The maximum absolute atomic E-state index is 11.5. The molecule has 1 aromatic carbocycles. The summed E-state index contributed by atoms with van der Waals surface area (Å²) in [6.45, 7) is 1.91. The number of nitrogens with zero attached hydrogens (tertiary/aromatic N) is 1. The summed E-state index contributed by atoms with van der Waals surface area (Å²) in [6, 6.07) is 8.75. The summed E-state index contributed by atoms with van der Waals surface area (Å²) >= 11 is 13.3. The van der Waals surface area contributed by atoms with Crippen LogP contribution in [0.3, 0.4) is 0 Å². The summed E-state index contributed by atoms with van der Waals surface area (Å²) in [6.07, 6.45) is 0. The first-order chi connectivity index (χ1) is 9.95. The van der Waals surface area contributed by atoms with Crippen molar-refractivity contribution in [3.8, 4) is 11.3 Å². The monoisotopic (exact) mass is 337 g/mol. The Kier molecular flexibility index (Phi) is 3.61. The molecule has 0 aliphatic heterocycles. The van der Waals surface area contributed by atoms with E-state index in [1.54, 1.807) is 6.07 Å². The quantitative estimate of drug-likeness (QED) is 0.692. The van der Waals surface area contributed by atoms with Crippen molar-refractivity contribution in [3.05, 3.63) is 50.1 Å². The van der Waals surface area contributed by atoms with Crippen LogP contribution in [0, 0.1) is 6.92 Å². The van der Waals surface area contributed by atoms with E-state index in [-0.39, 0.29) is 5.56 Å². The number of thiophene rings is 1. The number of pyridine rings is 1. The normalized spacial score (nSPS) is 11.0. The lowest BCUT2D eigenvalue weighted by atomic mass is 10.0. The highest BCUT2D eigenvalue weighted by Gasteiger charge is 2.16. The highest BCUT2D eigenvalue weighted by Crippen LogP contribution is 2.38. The van der Waals surface area contributed by atoms with Crippen molar-refractivity contribution in [3.63, 3.8) is 0 Å². The first-order valence-corrected chi connectivity index (χ1v) is 7.63. The number of rotatable bonds is 2. The zero-order chi connectivity index (χ0) is 15.1. The Morgan fingerprint density at radius 2 is 2.00 bits per heavy atom. The minimum atomic E-state index is -0.994. The second-order valence-corrected chi connectivity index (χ2v) is 6.90. The van der Waals surface area contributed by atoms with Gasteiger partial charge in [0.25, 0.3) is 0 Å². The van der Waals surface area contributed by atoms with Gasteiger partial charge in [-0.3, -0.25) is 0 Å². The molecule has 0 aliphatic rings. The van der Waals surface area contributed by atoms with Crippen molar-refractivity contribution in [2.75, 3.05) is 0 Å². The van der Waals surface area contributed by atoms with Crippen LogP contribution >= 0.6 is 34.5 Å². The first kappa shape index (κ1) is 14.3. The lowest BCUT2D eigenvalue weighted by molar-refractivity contribution is 0.0699. The Morgan fingerprint density at radius 1 is 1.24 bits per heavy atom. The second-order valence-electron chi connectivity index (χ2n) is 4.62. The van der Waals surface area contributed by atoms with E-state index in [9.17, 15) is 9.90 Å². The van der Waals surface area contributed by atoms with Gasteiger partial charge in [-0.15, -0.1) is 11.3 Å². The minimum absolute atomic E-state index is 0.206. The van der Waals surface area contributed by atoms with Gasteiger partial charge in [-0.2, -0.15) is 0 Å². The van der Waals surface area contributed by atoms with Gasteiger partial charge < -0.3 is 5.11 Å². The Hall–Kier alpha value is -1.62. The minimum Gasteiger partial charge on any atom is -0.478 e. The van der Waals surface area contributed by atoms with Crippen LogP contribution in [0.25, 0.3) is 22.2 Å². The van der Waals surface area contributed by atoms with Crippen LogP contribution in [0.15, 0.2) is 30.3 Å². The number of carboxylic acids is 1. The Morgan fingerprint density at radius 3 is 2.62 bits per heavy atom. The molecule has 2 heterocycles. The fourth-order valence-corrected chi connectivity index (χ4v) is 3.65. The zero-order valence-electron chi connectivity index (χ0n) is 10.9. The van der Waals surface area contributed by atoms with Crippen LogP contribution in [-0.4, -0.2) is 16.1 Å². The van der Waals surface area contributed by atoms with Gasteiger partial charge in [0.1, 0.15) is 4.34 Å². The lowest BCUT2D eigenvalue weighted by Gasteiger charge is -2.07. The third-order valence-corrected chi connectivity index (χ3v) is 4.61. The third-order valence-electron chi connectivity index (χ3n) is 3.13. The van der Waals surface area contributed by atoms with Crippen molar-refractivity contribution in [1.29, 1.82) is 0 Å². The van der Waals surface area contributed by atoms with E-state index in [1.165, 1.54) is 17.4 Å². The van der Waals surface area contributed by atoms with Crippen molar-refractivity contribution in [2.24, 2.45) is 0 Å². The molecule has 0 radical (unpaired) electrons. The highest BCUT2D eigenvalue weighted by molar-refractivity contribution is 7.20. The van der Waals surface area contributed by atoms with Gasteiger partial charge in [-0.05, 0) is 31.2 Å². The van der Waals surface area contributed by atoms with E-state index in [0.29, 0.717) is 30.8 Å². The summed E-state index contributed by atoms with van der Waals surface area (Å²) in [5.74, 6) is -0.994. The molecule has 106 valence electrons. The number of carbonyl (C=O) groups is 1. The molecule has 0 atom stereocenters. The van der Waals surface area contributed by atoms with Crippen LogP contribution in [0.4, 0.5) is 0 Å². The van der Waals surface area contributed by atoms with Gasteiger partial charge in [-0.25, -0.2) is 9.78 Å². The fourth-order valence-electron chi connectivity index (χ4n) is 2.17. The van der Waals surface area contributed by atoms with Crippen molar-refractivity contribution in [2.45, 2.75) is 6.92 Å². The molecule has 0 aliphatic carbocycles. The summed E-state index contributed by atoms with van der Waals surface area (Å²) < 4.78 is 1.04. The molecule has 0 unspecified atom stereocenters. The molecule has 2 aromatic heterocycles. The molecule has 0 bridgehead atoms. The Labute approximate surface area is 134 Å². The summed E-state index contributed by atoms with van der Waals surface area (Å²) in [4.78, 5) is 16.0. The number of halogens is 2.